The molecule has 18 heavy (non-hydrogen) atoms. The van der Waals surface area contributed by atoms with Crippen LogP contribution in [0.15, 0.2) is 32.9 Å². The standard InChI is InChI=1S/C13H17N3OS/c1-4-11(14)12-6-5-10(7-15-12)18-13-16-8(2)9(3)17-13/h5-7,11H,4,14H2,1-3H3/t11-/m1/s1. The van der Waals surface area contributed by atoms with Crippen LogP contribution >= 0.6 is 11.8 Å². The summed E-state index contributed by atoms with van der Waals surface area (Å²) >= 11 is 1.47. The molecule has 0 aliphatic heterocycles. The molecule has 2 rings (SSSR count). The van der Waals surface area contributed by atoms with Crippen LogP contribution in [0.1, 0.15) is 36.5 Å². The molecule has 4 nitrogen and oxygen atoms in total. The van der Waals surface area contributed by atoms with Crippen LogP contribution in [-0.2, 0) is 0 Å². The van der Waals surface area contributed by atoms with E-state index in [1.54, 1.807) is 0 Å². The third kappa shape index (κ3) is 2.91. The molecule has 0 bridgehead atoms. The number of hydrogen-bond donors (Lipinski definition) is 1. The first kappa shape index (κ1) is 13.1. The average molecular weight is 263 g/mol. The smallest absolute Gasteiger partial charge is 0.261 e. The van der Waals surface area contributed by atoms with Crippen LogP contribution in [0.5, 0.6) is 0 Å². The topological polar surface area (TPSA) is 64.9 Å². The van der Waals surface area contributed by atoms with E-state index in [2.05, 4.69) is 9.97 Å². The molecule has 0 spiro atoms. The Morgan fingerprint density at radius 3 is 2.67 bits per heavy atom. The van der Waals surface area contributed by atoms with Crippen molar-refractivity contribution in [1.82, 2.24) is 9.97 Å². The predicted octanol–water partition coefficient (Wildman–Crippen LogP) is 3.25. The number of hydrogen-bond acceptors (Lipinski definition) is 5. The first-order chi connectivity index (χ1) is 8.60. The van der Waals surface area contributed by atoms with Gasteiger partial charge in [0.25, 0.3) is 5.22 Å². The van der Waals surface area contributed by atoms with Crippen LogP contribution in [0, 0.1) is 13.8 Å². The molecule has 0 aliphatic carbocycles. The molecule has 0 amide bonds. The molecule has 0 saturated heterocycles. The molecule has 2 aromatic heterocycles. The van der Waals surface area contributed by atoms with E-state index in [9.17, 15) is 0 Å². The Hall–Kier alpha value is -1.33. The van der Waals surface area contributed by atoms with Crippen molar-refractivity contribution < 1.29 is 4.42 Å². The quantitative estimate of drug-likeness (QED) is 0.917. The molecule has 0 saturated carbocycles. The second-order valence-electron chi connectivity index (χ2n) is 4.16. The maximum absolute atomic E-state index is 5.92. The number of nitrogens with two attached hydrogens (primary N) is 1. The first-order valence-electron chi connectivity index (χ1n) is 5.93. The summed E-state index contributed by atoms with van der Waals surface area (Å²) < 4.78 is 5.52. The molecule has 2 aromatic rings. The Morgan fingerprint density at radius 2 is 2.17 bits per heavy atom. The van der Waals surface area contributed by atoms with E-state index in [0.717, 1.165) is 28.5 Å². The minimum Gasteiger partial charge on any atom is -0.436 e. The fourth-order valence-electron chi connectivity index (χ4n) is 1.47. The Balaban J connectivity index is 2.10. The van der Waals surface area contributed by atoms with Crippen LogP contribution in [0.25, 0.3) is 0 Å². The van der Waals surface area contributed by atoms with E-state index >= 15 is 0 Å². The van der Waals surface area contributed by atoms with Gasteiger partial charge < -0.3 is 10.2 Å². The summed E-state index contributed by atoms with van der Waals surface area (Å²) in [5, 5.41) is 0.652. The maximum Gasteiger partial charge on any atom is 0.261 e. The molecule has 0 unspecified atom stereocenters. The molecule has 0 aliphatic rings. The zero-order chi connectivity index (χ0) is 13.1. The largest absolute Gasteiger partial charge is 0.436 e. The highest BCUT2D eigenvalue weighted by Gasteiger charge is 2.09. The third-order valence-corrected chi connectivity index (χ3v) is 3.62. The number of aryl methyl sites for hydroxylation is 2. The van der Waals surface area contributed by atoms with Gasteiger partial charge in [-0.1, -0.05) is 6.92 Å². The predicted molar refractivity (Wildman–Crippen MR) is 71.6 cm³/mol. The van der Waals surface area contributed by atoms with E-state index in [0.29, 0.717) is 5.22 Å². The van der Waals surface area contributed by atoms with Gasteiger partial charge in [-0.05, 0) is 44.2 Å². The van der Waals surface area contributed by atoms with Crippen LogP contribution in [0.3, 0.4) is 0 Å². The number of pyridine rings is 1. The van der Waals surface area contributed by atoms with Crippen molar-refractivity contribution >= 4 is 11.8 Å². The Morgan fingerprint density at radius 1 is 1.39 bits per heavy atom. The van der Waals surface area contributed by atoms with Gasteiger partial charge in [-0.15, -0.1) is 0 Å². The van der Waals surface area contributed by atoms with Crippen molar-refractivity contribution in [2.45, 2.75) is 43.4 Å². The van der Waals surface area contributed by atoms with Crippen molar-refractivity contribution in [1.29, 1.82) is 0 Å². The number of oxazole rings is 1. The van der Waals surface area contributed by atoms with Gasteiger partial charge in [0.2, 0.25) is 0 Å². The van der Waals surface area contributed by atoms with E-state index < -0.39 is 0 Å². The van der Waals surface area contributed by atoms with Crippen molar-refractivity contribution in [2.24, 2.45) is 5.73 Å². The molecular weight excluding hydrogens is 246 g/mol. The van der Waals surface area contributed by atoms with Gasteiger partial charge in [0.15, 0.2) is 0 Å². The maximum atomic E-state index is 5.92. The minimum atomic E-state index is 0.00952. The molecule has 5 heteroatoms. The molecule has 96 valence electrons. The molecule has 2 N–H and O–H groups in total. The molecule has 2 heterocycles. The van der Waals surface area contributed by atoms with Gasteiger partial charge in [0, 0.05) is 17.1 Å². The Labute approximate surface area is 111 Å². The summed E-state index contributed by atoms with van der Waals surface area (Å²) in [5.41, 5.74) is 7.76. The normalized spacial score (nSPS) is 12.7. The molecule has 0 fully saturated rings. The van der Waals surface area contributed by atoms with E-state index in [4.69, 9.17) is 10.2 Å². The van der Waals surface area contributed by atoms with Crippen molar-refractivity contribution in [2.75, 3.05) is 0 Å². The average Bonchev–Trinajstić information content (AvgIpc) is 2.68. The SMILES string of the molecule is CC[C@@H](N)c1ccc(Sc2nc(C)c(C)o2)cn1. The molecule has 1 atom stereocenters. The third-order valence-electron chi connectivity index (χ3n) is 2.79. The number of rotatable bonds is 4. The van der Waals surface area contributed by atoms with E-state index in [-0.39, 0.29) is 6.04 Å². The minimum absolute atomic E-state index is 0.00952. The molecular formula is C13H17N3OS. The fraction of sp³-hybridized carbons (Fsp3) is 0.385. The van der Waals surface area contributed by atoms with Gasteiger partial charge in [-0.2, -0.15) is 0 Å². The van der Waals surface area contributed by atoms with Crippen LogP contribution < -0.4 is 5.73 Å². The second kappa shape index (κ2) is 5.54. The zero-order valence-electron chi connectivity index (χ0n) is 10.8. The van der Waals surface area contributed by atoms with Gasteiger partial charge >= 0.3 is 0 Å². The van der Waals surface area contributed by atoms with Gasteiger partial charge in [0.05, 0.1) is 11.4 Å². The van der Waals surface area contributed by atoms with Gasteiger partial charge in [-0.3, -0.25) is 4.98 Å². The lowest BCUT2D eigenvalue weighted by Crippen LogP contribution is -2.10. The van der Waals surface area contributed by atoms with Crippen molar-refractivity contribution in [3.05, 3.63) is 35.5 Å². The summed E-state index contributed by atoms with van der Waals surface area (Å²) in [6.45, 7) is 5.89. The van der Waals surface area contributed by atoms with Crippen molar-refractivity contribution in [3.63, 3.8) is 0 Å². The van der Waals surface area contributed by atoms with Gasteiger partial charge in [0.1, 0.15) is 5.76 Å². The summed E-state index contributed by atoms with van der Waals surface area (Å²) in [5.74, 6) is 0.857. The summed E-state index contributed by atoms with van der Waals surface area (Å²) in [6, 6.07) is 3.96. The lowest BCUT2D eigenvalue weighted by molar-refractivity contribution is 0.431. The monoisotopic (exact) mass is 263 g/mol. The van der Waals surface area contributed by atoms with E-state index in [1.165, 1.54) is 11.8 Å². The summed E-state index contributed by atoms with van der Waals surface area (Å²) in [6.07, 6.45) is 2.70. The van der Waals surface area contributed by atoms with E-state index in [1.807, 2.05) is 39.1 Å². The number of aromatic nitrogens is 2. The lowest BCUT2D eigenvalue weighted by atomic mass is 10.1. The lowest BCUT2D eigenvalue weighted by Gasteiger charge is -2.07. The Bertz CT molecular complexity index is 502. The summed E-state index contributed by atoms with van der Waals surface area (Å²) in [7, 11) is 0. The highest BCUT2D eigenvalue weighted by atomic mass is 32.2. The molecule has 0 aromatic carbocycles. The van der Waals surface area contributed by atoms with Crippen LogP contribution in [0.4, 0.5) is 0 Å². The zero-order valence-corrected chi connectivity index (χ0v) is 11.6. The van der Waals surface area contributed by atoms with Gasteiger partial charge in [-0.25, -0.2) is 4.98 Å². The molecule has 0 radical (unpaired) electrons. The second-order valence-corrected chi connectivity index (χ2v) is 5.18. The first-order valence-corrected chi connectivity index (χ1v) is 6.75. The fourth-order valence-corrected chi connectivity index (χ4v) is 2.26. The van der Waals surface area contributed by atoms with Crippen molar-refractivity contribution in [3.8, 4) is 0 Å². The number of nitrogens with zero attached hydrogens (tertiary/aromatic N) is 2. The summed E-state index contributed by atoms with van der Waals surface area (Å²) in [4.78, 5) is 9.69. The highest BCUT2D eigenvalue weighted by Crippen LogP contribution is 2.28. The Kier molecular flexibility index (Phi) is 4.04. The van der Waals surface area contributed by atoms with Crippen LogP contribution in [0.2, 0.25) is 0 Å². The van der Waals surface area contributed by atoms with Crippen LogP contribution in [-0.4, -0.2) is 9.97 Å². The highest BCUT2D eigenvalue weighted by molar-refractivity contribution is 7.99.